The first kappa shape index (κ1) is 28.0. The Morgan fingerprint density at radius 1 is 0.744 bits per heavy atom. The zero-order valence-electron chi connectivity index (χ0n) is 22.9. The van der Waals surface area contributed by atoms with E-state index in [-0.39, 0.29) is 5.78 Å². The van der Waals surface area contributed by atoms with E-state index in [1.807, 2.05) is 42.5 Å². The maximum atomic E-state index is 13.9. The largest absolute Gasteiger partial charge is 0.497 e. The summed E-state index contributed by atoms with van der Waals surface area (Å²) in [6.07, 6.45) is 1.85. The first-order chi connectivity index (χ1) is 19.0. The molecule has 1 fully saturated rings. The van der Waals surface area contributed by atoms with E-state index in [0.717, 1.165) is 44.2 Å². The second-order valence-electron chi connectivity index (χ2n) is 8.96. The Kier molecular flexibility index (Phi) is 9.83. The fraction of sp³-hybridized carbons (Fsp3) is 0.323. The van der Waals surface area contributed by atoms with Crippen molar-refractivity contribution in [3.05, 3.63) is 77.4 Å². The number of rotatable bonds is 12. The molecule has 8 nitrogen and oxygen atoms in total. The molecule has 1 aliphatic rings. The van der Waals surface area contributed by atoms with Gasteiger partial charge in [0.15, 0.2) is 5.78 Å². The Hall–Kier alpha value is -4.01. The molecule has 0 N–H and O–H groups in total. The molecule has 1 aliphatic heterocycles. The standard InChI is InChI=1S/C31H35NO7/c1-34-26-16-23(17-27(20-26)35-2)30(31(33)24-18-28(36-3)21-29(19-24)37-4)15-22-5-7-25(8-6-22)39-14-11-32-9-12-38-13-10-32/h5-8,15-21H,9-14H2,1-4H3. The van der Waals surface area contributed by atoms with E-state index in [2.05, 4.69) is 4.90 Å². The predicted octanol–water partition coefficient (Wildman–Crippen LogP) is 4.86. The molecule has 0 aromatic heterocycles. The first-order valence-electron chi connectivity index (χ1n) is 12.8. The monoisotopic (exact) mass is 533 g/mol. The molecule has 0 aliphatic carbocycles. The van der Waals surface area contributed by atoms with Gasteiger partial charge in [0.05, 0.1) is 41.7 Å². The molecule has 0 spiro atoms. The van der Waals surface area contributed by atoms with Crippen LogP contribution in [0, 0.1) is 0 Å². The lowest BCUT2D eigenvalue weighted by atomic mass is 9.94. The predicted molar refractivity (Wildman–Crippen MR) is 150 cm³/mol. The third-order valence-electron chi connectivity index (χ3n) is 6.49. The molecule has 4 rings (SSSR count). The van der Waals surface area contributed by atoms with Crippen LogP contribution in [-0.2, 0) is 4.74 Å². The minimum atomic E-state index is -0.201. The van der Waals surface area contributed by atoms with Crippen LogP contribution in [0.1, 0.15) is 21.5 Å². The molecule has 8 heteroatoms. The normalized spacial score (nSPS) is 14.0. The molecule has 39 heavy (non-hydrogen) atoms. The lowest BCUT2D eigenvalue weighted by Gasteiger charge is -2.26. The number of nitrogens with zero attached hydrogens (tertiary/aromatic N) is 1. The van der Waals surface area contributed by atoms with Gasteiger partial charge in [-0.05, 0) is 53.6 Å². The first-order valence-corrected chi connectivity index (χ1v) is 12.8. The molecule has 0 radical (unpaired) electrons. The summed E-state index contributed by atoms with van der Waals surface area (Å²) in [7, 11) is 6.26. The topological polar surface area (TPSA) is 75.7 Å². The molecule has 0 atom stereocenters. The molecule has 1 heterocycles. The number of ether oxygens (including phenoxy) is 6. The summed E-state index contributed by atoms with van der Waals surface area (Å²) in [6, 6.07) is 18.2. The summed E-state index contributed by atoms with van der Waals surface area (Å²) in [5, 5.41) is 0. The second-order valence-corrected chi connectivity index (χ2v) is 8.96. The van der Waals surface area contributed by atoms with E-state index in [9.17, 15) is 4.79 Å². The highest BCUT2D eigenvalue weighted by molar-refractivity contribution is 6.32. The Balaban J connectivity index is 1.63. The van der Waals surface area contributed by atoms with Crippen LogP contribution >= 0.6 is 0 Å². The van der Waals surface area contributed by atoms with Crippen molar-refractivity contribution in [2.45, 2.75) is 0 Å². The quantitative estimate of drug-likeness (QED) is 0.186. The van der Waals surface area contributed by atoms with Crippen LogP contribution in [0.2, 0.25) is 0 Å². The van der Waals surface area contributed by atoms with Gasteiger partial charge in [-0.15, -0.1) is 0 Å². The number of morpholine rings is 1. The summed E-state index contributed by atoms with van der Waals surface area (Å²) >= 11 is 0. The van der Waals surface area contributed by atoms with E-state index in [0.29, 0.717) is 46.3 Å². The summed E-state index contributed by atoms with van der Waals surface area (Å²) in [5.41, 5.74) is 2.39. The summed E-state index contributed by atoms with van der Waals surface area (Å²) < 4.78 is 33.1. The number of Topliss-reactive ketones (excluding diaryl/α,β-unsaturated/α-hetero) is 1. The van der Waals surface area contributed by atoms with Crippen LogP contribution in [-0.4, -0.2) is 78.6 Å². The summed E-state index contributed by atoms with van der Waals surface area (Å²) in [5.74, 6) is 2.78. The maximum Gasteiger partial charge on any atom is 0.193 e. The molecular weight excluding hydrogens is 498 g/mol. The van der Waals surface area contributed by atoms with Gasteiger partial charge < -0.3 is 28.4 Å². The molecule has 0 bridgehead atoms. The van der Waals surface area contributed by atoms with Crippen LogP contribution in [0.4, 0.5) is 0 Å². The van der Waals surface area contributed by atoms with E-state index < -0.39 is 0 Å². The van der Waals surface area contributed by atoms with Crippen molar-refractivity contribution in [2.75, 3.05) is 67.9 Å². The lowest BCUT2D eigenvalue weighted by Crippen LogP contribution is -2.38. The number of methoxy groups -OCH3 is 4. The minimum absolute atomic E-state index is 0.201. The van der Waals surface area contributed by atoms with Crippen LogP contribution in [0.3, 0.4) is 0 Å². The fourth-order valence-electron chi connectivity index (χ4n) is 4.28. The van der Waals surface area contributed by atoms with Gasteiger partial charge in [-0.2, -0.15) is 0 Å². The van der Waals surface area contributed by atoms with E-state index in [4.69, 9.17) is 28.4 Å². The third-order valence-corrected chi connectivity index (χ3v) is 6.49. The van der Waals surface area contributed by atoms with Gasteiger partial charge in [0, 0.05) is 42.9 Å². The highest BCUT2D eigenvalue weighted by atomic mass is 16.5. The van der Waals surface area contributed by atoms with Crippen molar-refractivity contribution in [1.82, 2.24) is 4.90 Å². The maximum absolute atomic E-state index is 13.9. The minimum Gasteiger partial charge on any atom is -0.497 e. The number of carbonyl (C=O) groups is 1. The number of benzene rings is 3. The number of hydrogen-bond acceptors (Lipinski definition) is 8. The van der Waals surface area contributed by atoms with Crippen molar-refractivity contribution in [1.29, 1.82) is 0 Å². The van der Waals surface area contributed by atoms with Gasteiger partial charge in [-0.3, -0.25) is 9.69 Å². The molecular formula is C31H35NO7. The van der Waals surface area contributed by atoms with Gasteiger partial charge in [0.25, 0.3) is 0 Å². The van der Waals surface area contributed by atoms with Crippen molar-refractivity contribution >= 4 is 17.4 Å². The highest BCUT2D eigenvalue weighted by Gasteiger charge is 2.19. The van der Waals surface area contributed by atoms with Crippen molar-refractivity contribution in [2.24, 2.45) is 0 Å². The van der Waals surface area contributed by atoms with E-state index >= 15 is 0 Å². The van der Waals surface area contributed by atoms with Gasteiger partial charge in [0.2, 0.25) is 0 Å². The summed E-state index contributed by atoms with van der Waals surface area (Å²) in [4.78, 5) is 16.3. The van der Waals surface area contributed by atoms with Crippen LogP contribution in [0.15, 0.2) is 60.7 Å². The SMILES string of the molecule is COc1cc(OC)cc(C(=O)C(=Cc2ccc(OCCN3CCOCC3)cc2)c2cc(OC)cc(OC)c2)c1. The second kappa shape index (κ2) is 13.7. The average molecular weight is 534 g/mol. The molecule has 0 unspecified atom stereocenters. The molecule has 0 amide bonds. The fourth-order valence-corrected chi connectivity index (χ4v) is 4.28. The molecule has 1 saturated heterocycles. The number of ketones is 1. The van der Waals surface area contributed by atoms with Gasteiger partial charge in [0.1, 0.15) is 35.4 Å². The zero-order valence-corrected chi connectivity index (χ0v) is 22.9. The Morgan fingerprint density at radius 3 is 1.77 bits per heavy atom. The lowest BCUT2D eigenvalue weighted by molar-refractivity contribution is 0.0322. The third kappa shape index (κ3) is 7.52. The molecule has 3 aromatic carbocycles. The average Bonchev–Trinajstić information content (AvgIpc) is 3.00. The smallest absolute Gasteiger partial charge is 0.193 e. The van der Waals surface area contributed by atoms with Crippen molar-refractivity contribution < 1.29 is 33.2 Å². The zero-order chi connectivity index (χ0) is 27.6. The highest BCUT2D eigenvalue weighted by Crippen LogP contribution is 2.32. The van der Waals surface area contributed by atoms with Gasteiger partial charge in [-0.25, -0.2) is 0 Å². The van der Waals surface area contributed by atoms with Crippen LogP contribution in [0.5, 0.6) is 28.7 Å². The van der Waals surface area contributed by atoms with Crippen molar-refractivity contribution in [3.63, 3.8) is 0 Å². The Morgan fingerprint density at radius 2 is 1.26 bits per heavy atom. The molecule has 3 aromatic rings. The molecule has 0 saturated carbocycles. The van der Waals surface area contributed by atoms with E-state index in [1.54, 1.807) is 52.7 Å². The van der Waals surface area contributed by atoms with Crippen LogP contribution < -0.4 is 23.7 Å². The van der Waals surface area contributed by atoms with Crippen LogP contribution in [0.25, 0.3) is 11.6 Å². The number of allylic oxidation sites excluding steroid dienone is 1. The number of carbonyl (C=O) groups excluding carboxylic acids is 1. The van der Waals surface area contributed by atoms with Crippen molar-refractivity contribution in [3.8, 4) is 28.7 Å². The Bertz CT molecular complexity index is 1240. The van der Waals surface area contributed by atoms with Gasteiger partial charge in [-0.1, -0.05) is 12.1 Å². The summed E-state index contributed by atoms with van der Waals surface area (Å²) in [6.45, 7) is 4.84. The molecule has 206 valence electrons. The Labute approximate surface area is 229 Å². The van der Waals surface area contributed by atoms with E-state index in [1.165, 1.54) is 0 Å². The van der Waals surface area contributed by atoms with Gasteiger partial charge >= 0.3 is 0 Å². The number of hydrogen-bond donors (Lipinski definition) is 0.